The fraction of sp³-hybridized carbons (Fsp3) is 0.312. The van der Waals surface area contributed by atoms with Crippen molar-refractivity contribution < 1.29 is 9.53 Å². The largest absolute Gasteiger partial charge is 0.487 e. The molecule has 0 radical (unpaired) electrons. The first-order chi connectivity index (χ1) is 19.0. The van der Waals surface area contributed by atoms with Gasteiger partial charge in [-0.2, -0.15) is 10.4 Å². The van der Waals surface area contributed by atoms with Crippen molar-refractivity contribution in [1.29, 1.82) is 5.26 Å². The summed E-state index contributed by atoms with van der Waals surface area (Å²) in [5.41, 5.74) is 6.68. The van der Waals surface area contributed by atoms with Crippen LogP contribution in [0.1, 0.15) is 54.0 Å². The summed E-state index contributed by atoms with van der Waals surface area (Å²) in [5, 5.41) is 18.8. The van der Waals surface area contributed by atoms with Gasteiger partial charge in [-0.1, -0.05) is 18.7 Å². The van der Waals surface area contributed by atoms with Crippen LogP contribution in [0, 0.1) is 23.7 Å². The number of aromatic nitrogens is 3. The Bertz CT molecular complexity index is 1580. The first-order valence-electron chi connectivity index (χ1n) is 13.5. The second-order valence-electron chi connectivity index (χ2n) is 10.9. The van der Waals surface area contributed by atoms with E-state index in [1.165, 1.54) is 6.08 Å². The normalized spacial score (nSPS) is 16.6. The Kier molecular flexibility index (Phi) is 6.40. The molecular formula is C32H31N5O2. The standard InChI is InChI=1S/C32H31N5O2/c1-3-30(38)37-19-32(20-37)11-9-22(10-12-32)25-14-24(39-18-23-6-4-5-13-34-23)15-26(27(25)16-33)31-21(2)7-8-29-28(31)17-35-36-29/h3-8,13-15,17,22H,1,9-12,18-20H2,2H3,(H,35,36). The van der Waals surface area contributed by atoms with E-state index < -0.39 is 0 Å². The number of carbonyl (C=O) groups is 1. The number of nitriles is 1. The Labute approximate surface area is 228 Å². The monoisotopic (exact) mass is 517 g/mol. The lowest BCUT2D eigenvalue weighted by atomic mass is 9.64. The van der Waals surface area contributed by atoms with Crippen molar-refractivity contribution in [2.45, 2.75) is 45.1 Å². The number of aryl methyl sites for hydroxylation is 1. The van der Waals surface area contributed by atoms with Gasteiger partial charge in [0, 0.05) is 35.7 Å². The molecule has 1 amide bonds. The summed E-state index contributed by atoms with van der Waals surface area (Å²) in [6, 6.07) is 16.5. The summed E-state index contributed by atoms with van der Waals surface area (Å²) >= 11 is 0. The number of aromatic amines is 1. The minimum absolute atomic E-state index is 0.0145. The van der Waals surface area contributed by atoms with Crippen molar-refractivity contribution in [3.63, 3.8) is 0 Å². The molecule has 1 saturated carbocycles. The van der Waals surface area contributed by atoms with Crippen LogP contribution in [0.5, 0.6) is 5.75 Å². The predicted octanol–water partition coefficient (Wildman–Crippen LogP) is 6.06. The summed E-state index contributed by atoms with van der Waals surface area (Å²) < 4.78 is 6.30. The SMILES string of the molecule is C=CC(=O)N1CC2(CCC(c3cc(OCc4ccccn4)cc(-c4c(C)ccc5[nH]ncc45)c3C#N)CC2)C1. The van der Waals surface area contributed by atoms with Gasteiger partial charge in [0.1, 0.15) is 18.4 Å². The molecule has 6 rings (SSSR count). The highest BCUT2D eigenvalue weighted by Crippen LogP contribution is 2.50. The van der Waals surface area contributed by atoms with Gasteiger partial charge in [-0.15, -0.1) is 0 Å². The average Bonchev–Trinajstić information content (AvgIpc) is 3.43. The zero-order valence-electron chi connectivity index (χ0n) is 22.1. The van der Waals surface area contributed by atoms with E-state index in [9.17, 15) is 10.1 Å². The van der Waals surface area contributed by atoms with Crippen molar-refractivity contribution in [3.05, 3.63) is 89.9 Å². The fourth-order valence-corrected chi connectivity index (χ4v) is 6.39. The summed E-state index contributed by atoms with van der Waals surface area (Å²) in [5.74, 6) is 0.993. The molecule has 4 aromatic rings. The Balaban J connectivity index is 1.37. The molecule has 7 nitrogen and oxygen atoms in total. The number of H-pyrrole nitrogens is 1. The molecule has 0 bridgehead atoms. The minimum atomic E-state index is 0.0145. The molecule has 2 fully saturated rings. The van der Waals surface area contributed by atoms with E-state index in [1.54, 1.807) is 6.20 Å². The summed E-state index contributed by atoms with van der Waals surface area (Å²) in [6.07, 6.45) is 9.02. The van der Waals surface area contributed by atoms with Gasteiger partial charge in [0.2, 0.25) is 5.91 Å². The number of pyridine rings is 1. The highest BCUT2D eigenvalue weighted by Gasteiger charge is 2.46. The number of nitrogens with one attached hydrogen (secondary N) is 1. The van der Waals surface area contributed by atoms with Gasteiger partial charge in [0.15, 0.2) is 0 Å². The Morgan fingerprint density at radius 2 is 2.08 bits per heavy atom. The molecule has 1 aliphatic heterocycles. The van der Waals surface area contributed by atoms with Crippen LogP contribution < -0.4 is 4.74 Å². The number of hydrogen-bond donors (Lipinski definition) is 1. The van der Waals surface area contributed by atoms with Crippen LogP contribution in [0.25, 0.3) is 22.0 Å². The third-order valence-corrected chi connectivity index (χ3v) is 8.49. The van der Waals surface area contributed by atoms with Crippen molar-refractivity contribution in [2.24, 2.45) is 5.41 Å². The molecule has 2 aromatic heterocycles. The van der Waals surface area contributed by atoms with Crippen LogP contribution in [0.4, 0.5) is 0 Å². The first-order valence-corrected chi connectivity index (χ1v) is 13.5. The van der Waals surface area contributed by atoms with E-state index in [0.717, 1.165) is 83.4 Å². The lowest BCUT2D eigenvalue weighted by Gasteiger charge is -2.53. The van der Waals surface area contributed by atoms with E-state index in [2.05, 4.69) is 46.9 Å². The van der Waals surface area contributed by atoms with Gasteiger partial charge >= 0.3 is 0 Å². The number of rotatable bonds is 6. The lowest BCUT2D eigenvalue weighted by Crippen LogP contribution is -2.59. The summed E-state index contributed by atoms with van der Waals surface area (Å²) in [6.45, 7) is 7.64. The van der Waals surface area contributed by atoms with Crippen molar-refractivity contribution >= 4 is 16.8 Å². The van der Waals surface area contributed by atoms with Crippen molar-refractivity contribution in [1.82, 2.24) is 20.1 Å². The molecule has 3 heterocycles. The first kappa shape index (κ1) is 24.9. The molecule has 2 aromatic carbocycles. The number of nitrogens with zero attached hydrogens (tertiary/aromatic N) is 4. The van der Waals surface area contributed by atoms with Gasteiger partial charge in [-0.25, -0.2) is 0 Å². The van der Waals surface area contributed by atoms with Gasteiger partial charge < -0.3 is 9.64 Å². The second kappa shape index (κ2) is 10.0. The van der Waals surface area contributed by atoms with E-state index in [0.29, 0.717) is 12.2 Å². The number of amides is 1. The molecule has 2 aliphatic rings. The highest BCUT2D eigenvalue weighted by atomic mass is 16.5. The average molecular weight is 518 g/mol. The maximum absolute atomic E-state index is 12.0. The molecular weight excluding hydrogens is 486 g/mol. The van der Waals surface area contributed by atoms with Crippen LogP contribution in [-0.4, -0.2) is 39.1 Å². The smallest absolute Gasteiger partial charge is 0.245 e. The maximum Gasteiger partial charge on any atom is 0.245 e. The van der Waals surface area contributed by atoms with E-state index in [1.807, 2.05) is 41.4 Å². The van der Waals surface area contributed by atoms with Gasteiger partial charge in [0.05, 0.1) is 23.0 Å². The number of hydrogen-bond acceptors (Lipinski definition) is 5. The Morgan fingerprint density at radius 3 is 2.79 bits per heavy atom. The van der Waals surface area contributed by atoms with Crippen LogP contribution in [0.15, 0.2) is 67.5 Å². The van der Waals surface area contributed by atoms with Crippen LogP contribution in [-0.2, 0) is 11.4 Å². The zero-order chi connectivity index (χ0) is 27.0. The quantitative estimate of drug-likeness (QED) is 0.314. The van der Waals surface area contributed by atoms with E-state index >= 15 is 0 Å². The summed E-state index contributed by atoms with van der Waals surface area (Å²) in [7, 11) is 0. The van der Waals surface area contributed by atoms with E-state index in [-0.39, 0.29) is 17.2 Å². The minimum Gasteiger partial charge on any atom is -0.487 e. The number of ether oxygens (including phenoxy) is 1. The number of likely N-dealkylation sites (tertiary alicyclic amines) is 1. The molecule has 7 heteroatoms. The fourth-order valence-electron chi connectivity index (χ4n) is 6.39. The van der Waals surface area contributed by atoms with Crippen LogP contribution >= 0.6 is 0 Å². The Hall–Kier alpha value is -4.44. The molecule has 0 unspecified atom stereocenters. The zero-order valence-corrected chi connectivity index (χ0v) is 22.1. The topological polar surface area (TPSA) is 94.9 Å². The third kappa shape index (κ3) is 4.57. The van der Waals surface area contributed by atoms with E-state index in [4.69, 9.17) is 4.74 Å². The Morgan fingerprint density at radius 1 is 1.26 bits per heavy atom. The third-order valence-electron chi connectivity index (χ3n) is 8.49. The van der Waals surface area contributed by atoms with Gasteiger partial charge in [-0.05, 0) is 91.6 Å². The van der Waals surface area contributed by atoms with Crippen LogP contribution in [0.3, 0.4) is 0 Å². The van der Waals surface area contributed by atoms with Crippen LogP contribution in [0.2, 0.25) is 0 Å². The second-order valence-corrected chi connectivity index (χ2v) is 10.9. The molecule has 1 aliphatic carbocycles. The van der Waals surface area contributed by atoms with Gasteiger partial charge in [-0.3, -0.25) is 14.9 Å². The van der Waals surface area contributed by atoms with Gasteiger partial charge in [0.25, 0.3) is 0 Å². The molecule has 1 N–H and O–H groups in total. The van der Waals surface area contributed by atoms with Crippen molar-refractivity contribution in [2.75, 3.05) is 13.1 Å². The molecule has 1 saturated heterocycles. The summed E-state index contributed by atoms with van der Waals surface area (Å²) in [4.78, 5) is 18.3. The molecule has 1 spiro atoms. The number of benzene rings is 2. The van der Waals surface area contributed by atoms with Crippen molar-refractivity contribution in [3.8, 4) is 22.9 Å². The number of carbonyl (C=O) groups excluding carboxylic acids is 1. The maximum atomic E-state index is 12.0. The number of fused-ring (bicyclic) bond motifs is 1. The highest BCUT2D eigenvalue weighted by molar-refractivity contribution is 5.98. The lowest BCUT2D eigenvalue weighted by molar-refractivity contribution is -0.140. The molecule has 39 heavy (non-hydrogen) atoms. The predicted molar refractivity (Wildman–Crippen MR) is 150 cm³/mol. The molecule has 0 atom stereocenters. The molecule has 196 valence electrons.